The number of fused-ring (bicyclic) bond motifs is 1. The molecule has 3 nitrogen and oxygen atoms in total. The van der Waals surface area contributed by atoms with E-state index in [1.54, 1.807) is 6.20 Å². The summed E-state index contributed by atoms with van der Waals surface area (Å²) >= 11 is 0. The van der Waals surface area contributed by atoms with Crippen LogP contribution < -0.4 is 4.74 Å². The molecule has 96 valence electrons. The summed E-state index contributed by atoms with van der Waals surface area (Å²) in [6.07, 6.45) is 6.61. The predicted octanol–water partition coefficient (Wildman–Crippen LogP) is 4.04. The molecule has 0 aliphatic heterocycles. The van der Waals surface area contributed by atoms with Crippen LogP contribution in [-0.4, -0.2) is 11.0 Å². The van der Waals surface area contributed by atoms with Crippen molar-refractivity contribution in [2.24, 2.45) is 0 Å². The zero-order valence-electron chi connectivity index (χ0n) is 10.7. The molecule has 1 heterocycles. The Labute approximate surface area is 107 Å². The average Bonchev–Trinajstić information content (AvgIpc) is 2.78. The number of aromatic amines is 1. The molecule has 0 aliphatic rings. The van der Waals surface area contributed by atoms with Crippen LogP contribution in [0.5, 0.6) is 5.75 Å². The standard InChI is InChI=1S/C15H19NO2/c1-2-3-4-5-10-15(17)18-14-11-16-13-9-7-6-8-12(13)14/h6-9,11,16H,2-5,10H2,1H3. The van der Waals surface area contributed by atoms with Gasteiger partial charge in [0, 0.05) is 23.5 Å². The highest BCUT2D eigenvalue weighted by atomic mass is 16.5. The first-order chi connectivity index (χ1) is 8.81. The van der Waals surface area contributed by atoms with Crippen LogP contribution in [0.25, 0.3) is 10.9 Å². The van der Waals surface area contributed by atoms with Crippen molar-refractivity contribution in [1.82, 2.24) is 4.98 Å². The van der Waals surface area contributed by atoms with Gasteiger partial charge >= 0.3 is 5.97 Å². The SMILES string of the molecule is CCCCCCC(=O)Oc1c[nH]c2ccccc12. The van der Waals surface area contributed by atoms with Gasteiger partial charge in [0.1, 0.15) is 0 Å². The number of hydrogen-bond acceptors (Lipinski definition) is 2. The lowest BCUT2D eigenvalue weighted by atomic mass is 10.1. The number of rotatable bonds is 6. The molecule has 3 heteroatoms. The molecule has 1 N–H and O–H groups in total. The van der Waals surface area contributed by atoms with Gasteiger partial charge in [0.05, 0.1) is 0 Å². The van der Waals surface area contributed by atoms with E-state index >= 15 is 0 Å². The number of hydrogen-bond donors (Lipinski definition) is 1. The van der Waals surface area contributed by atoms with E-state index in [2.05, 4.69) is 11.9 Å². The van der Waals surface area contributed by atoms with E-state index in [1.807, 2.05) is 24.3 Å². The normalized spacial score (nSPS) is 10.7. The molecule has 0 bridgehead atoms. The number of benzene rings is 1. The molecule has 2 rings (SSSR count). The maximum Gasteiger partial charge on any atom is 0.311 e. The van der Waals surface area contributed by atoms with Crippen molar-refractivity contribution in [2.75, 3.05) is 0 Å². The van der Waals surface area contributed by atoms with Crippen molar-refractivity contribution in [3.8, 4) is 5.75 Å². The van der Waals surface area contributed by atoms with Gasteiger partial charge in [0.2, 0.25) is 0 Å². The largest absolute Gasteiger partial charge is 0.424 e. The Morgan fingerprint density at radius 2 is 2.06 bits per heavy atom. The van der Waals surface area contributed by atoms with E-state index in [0.29, 0.717) is 12.2 Å². The minimum absolute atomic E-state index is 0.143. The van der Waals surface area contributed by atoms with Gasteiger partial charge in [-0.15, -0.1) is 0 Å². The Hall–Kier alpha value is -1.77. The van der Waals surface area contributed by atoms with Crippen LogP contribution in [0.4, 0.5) is 0 Å². The number of ether oxygens (including phenoxy) is 1. The highest BCUT2D eigenvalue weighted by Gasteiger charge is 2.09. The average molecular weight is 245 g/mol. The number of carbonyl (C=O) groups excluding carboxylic acids is 1. The molecule has 0 unspecified atom stereocenters. The van der Waals surface area contributed by atoms with E-state index in [-0.39, 0.29) is 5.97 Å². The Morgan fingerprint density at radius 1 is 1.22 bits per heavy atom. The predicted molar refractivity (Wildman–Crippen MR) is 72.7 cm³/mol. The molecular weight excluding hydrogens is 226 g/mol. The van der Waals surface area contributed by atoms with Crippen LogP contribution in [0, 0.1) is 0 Å². The maximum atomic E-state index is 11.7. The fraction of sp³-hybridized carbons (Fsp3) is 0.400. The number of unbranched alkanes of at least 4 members (excludes halogenated alkanes) is 3. The molecule has 0 spiro atoms. The highest BCUT2D eigenvalue weighted by Crippen LogP contribution is 2.25. The monoisotopic (exact) mass is 245 g/mol. The smallest absolute Gasteiger partial charge is 0.311 e. The van der Waals surface area contributed by atoms with E-state index < -0.39 is 0 Å². The molecule has 18 heavy (non-hydrogen) atoms. The van der Waals surface area contributed by atoms with Crippen molar-refractivity contribution in [1.29, 1.82) is 0 Å². The van der Waals surface area contributed by atoms with Crippen LogP contribution >= 0.6 is 0 Å². The van der Waals surface area contributed by atoms with Crippen molar-refractivity contribution in [3.05, 3.63) is 30.5 Å². The molecule has 0 radical (unpaired) electrons. The van der Waals surface area contributed by atoms with Gasteiger partial charge in [-0.25, -0.2) is 0 Å². The quantitative estimate of drug-likeness (QED) is 0.616. The molecule has 1 aromatic carbocycles. The third kappa shape index (κ3) is 3.13. The molecular formula is C15H19NO2. The van der Waals surface area contributed by atoms with Crippen molar-refractivity contribution >= 4 is 16.9 Å². The van der Waals surface area contributed by atoms with Crippen LogP contribution in [0.3, 0.4) is 0 Å². The lowest BCUT2D eigenvalue weighted by Gasteiger charge is -2.02. The van der Waals surface area contributed by atoms with Gasteiger partial charge in [0.25, 0.3) is 0 Å². The topological polar surface area (TPSA) is 42.1 Å². The van der Waals surface area contributed by atoms with Gasteiger partial charge < -0.3 is 9.72 Å². The van der Waals surface area contributed by atoms with Crippen LogP contribution in [0.15, 0.2) is 30.5 Å². The number of carbonyl (C=O) groups is 1. The Kier molecular flexibility index (Phi) is 4.40. The molecule has 0 saturated carbocycles. The summed E-state index contributed by atoms with van der Waals surface area (Å²) in [6, 6.07) is 7.81. The summed E-state index contributed by atoms with van der Waals surface area (Å²) in [5.74, 6) is 0.488. The van der Waals surface area contributed by atoms with Gasteiger partial charge in [-0.1, -0.05) is 38.3 Å². The second-order valence-corrected chi connectivity index (χ2v) is 4.48. The number of aromatic nitrogens is 1. The van der Waals surface area contributed by atoms with E-state index in [9.17, 15) is 4.79 Å². The minimum atomic E-state index is -0.143. The fourth-order valence-corrected chi connectivity index (χ4v) is 2.00. The fourth-order valence-electron chi connectivity index (χ4n) is 2.00. The first-order valence-electron chi connectivity index (χ1n) is 6.58. The van der Waals surface area contributed by atoms with Crippen LogP contribution in [0.1, 0.15) is 39.0 Å². The summed E-state index contributed by atoms with van der Waals surface area (Å²) in [7, 11) is 0. The van der Waals surface area contributed by atoms with Crippen molar-refractivity contribution < 1.29 is 9.53 Å². The van der Waals surface area contributed by atoms with E-state index in [0.717, 1.165) is 23.7 Å². The molecule has 0 saturated heterocycles. The second kappa shape index (κ2) is 6.24. The van der Waals surface area contributed by atoms with Crippen molar-refractivity contribution in [3.63, 3.8) is 0 Å². The van der Waals surface area contributed by atoms with Crippen LogP contribution in [-0.2, 0) is 4.79 Å². The molecule has 1 aromatic heterocycles. The summed E-state index contributed by atoms with van der Waals surface area (Å²) in [6.45, 7) is 2.16. The third-order valence-corrected chi connectivity index (χ3v) is 3.01. The van der Waals surface area contributed by atoms with E-state index in [4.69, 9.17) is 4.74 Å². The number of nitrogens with one attached hydrogen (secondary N) is 1. The minimum Gasteiger partial charge on any atom is -0.424 e. The lowest BCUT2D eigenvalue weighted by molar-refractivity contribution is -0.134. The summed E-state index contributed by atoms with van der Waals surface area (Å²) < 4.78 is 5.38. The Balaban J connectivity index is 1.91. The first-order valence-corrected chi connectivity index (χ1v) is 6.58. The Morgan fingerprint density at radius 3 is 2.89 bits per heavy atom. The maximum absolute atomic E-state index is 11.7. The summed E-state index contributed by atoms with van der Waals surface area (Å²) in [4.78, 5) is 14.8. The third-order valence-electron chi connectivity index (χ3n) is 3.01. The summed E-state index contributed by atoms with van der Waals surface area (Å²) in [5.41, 5.74) is 0.992. The van der Waals surface area contributed by atoms with Gasteiger partial charge in [0.15, 0.2) is 5.75 Å². The number of para-hydroxylation sites is 1. The molecule has 0 aliphatic carbocycles. The van der Waals surface area contributed by atoms with Crippen molar-refractivity contribution in [2.45, 2.75) is 39.0 Å². The zero-order valence-corrected chi connectivity index (χ0v) is 10.7. The molecule has 0 amide bonds. The van der Waals surface area contributed by atoms with Gasteiger partial charge in [-0.2, -0.15) is 0 Å². The van der Waals surface area contributed by atoms with E-state index in [1.165, 1.54) is 12.8 Å². The molecule has 2 aromatic rings. The number of H-pyrrole nitrogens is 1. The highest BCUT2D eigenvalue weighted by molar-refractivity contribution is 5.88. The zero-order chi connectivity index (χ0) is 12.8. The second-order valence-electron chi connectivity index (χ2n) is 4.48. The molecule has 0 atom stereocenters. The Bertz CT molecular complexity index is 516. The number of esters is 1. The molecule has 0 fully saturated rings. The van der Waals surface area contributed by atoms with Gasteiger partial charge in [-0.3, -0.25) is 4.79 Å². The first kappa shape index (κ1) is 12.7. The lowest BCUT2D eigenvalue weighted by Crippen LogP contribution is -2.07. The van der Waals surface area contributed by atoms with Gasteiger partial charge in [-0.05, 0) is 18.6 Å². The summed E-state index contributed by atoms with van der Waals surface area (Å²) in [5, 5.41) is 0.958. The van der Waals surface area contributed by atoms with Crippen LogP contribution in [0.2, 0.25) is 0 Å².